The van der Waals surface area contributed by atoms with Gasteiger partial charge in [-0.3, -0.25) is 20.2 Å². The van der Waals surface area contributed by atoms with Crippen LogP contribution >= 0.6 is 11.6 Å². The van der Waals surface area contributed by atoms with Gasteiger partial charge in [-0.25, -0.2) is 4.79 Å². The largest absolute Gasteiger partial charge is 0.488 e. The van der Waals surface area contributed by atoms with Crippen LogP contribution in [0.2, 0.25) is 5.02 Å². The molecule has 6 nitrogen and oxygen atoms in total. The van der Waals surface area contributed by atoms with Crippen molar-refractivity contribution in [3.05, 3.63) is 70.3 Å². The molecule has 0 aliphatic carbocycles. The molecule has 2 aromatic rings. The van der Waals surface area contributed by atoms with Gasteiger partial charge in [0.05, 0.1) is 0 Å². The van der Waals surface area contributed by atoms with Crippen LogP contribution in [0.5, 0.6) is 5.75 Å². The topological polar surface area (TPSA) is 84.5 Å². The molecule has 3 rings (SSSR count). The molecule has 0 saturated carbocycles. The van der Waals surface area contributed by atoms with Gasteiger partial charge in [0.15, 0.2) is 0 Å². The van der Waals surface area contributed by atoms with Gasteiger partial charge in [-0.05, 0) is 29.8 Å². The van der Waals surface area contributed by atoms with Gasteiger partial charge in [0, 0.05) is 10.6 Å². The third kappa shape index (κ3) is 4.05. The van der Waals surface area contributed by atoms with Crippen LogP contribution in [0.1, 0.15) is 11.1 Å². The molecule has 1 heterocycles. The molecule has 0 bridgehead atoms. The average molecular weight is 357 g/mol. The summed E-state index contributed by atoms with van der Waals surface area (Å²) in [5.74, 6) is -0.995. The fraction of sp³-hybridized carbons (Fsp3) is 0.0556. The van der Waals surface area contributed by atoms with Gasteiger partial charge < -0.3 is 4.74 Å². The number of halogens is 1. The summed E-state index contributed by atoms with van der Waals surface area (Å²) in [5.41, 5.74) is 1.30. The third-order valence-electron chi connectivity index (χ3n) is 3.47. The van der Waals surface area contributed by atoms with Crippen LogP contribution in [0.3, 0.4) is 0 Å². The zero-order valence-corrected chi connectivity index (χ0v) is 13.7. The number of carbonyl (C=O) groups is 3. The van der Waals surface area contributed by atoms with Crippen LogP contribution in [-0.2, 0) is 16.2 Å². The van der Waals surface area contributed by atoms with Crippen molar-refractivity contribution in [3.8, 4) is 5.75 Å². The number of hydrogen-bond donors (Lipinski definition) is 2. The zero-order chi connectivity index (χ0) is 17.8. The molecule has 0 unspecified atom stereocenters. The minimum Gasteiger partial charge on any atom is -0.488 e. The number of ether oxygens (including phenoxy) is 1. The molecule has 0 aromatic heterocycles. The maximum absolute atomic E-state index is 11.8. The number of nitrogens with one attached hydrogen (secondary N) is 2. The Hall–Kier alpha value is -3.12. The SMILES string of the molecule is O=C1NC(=O)C(=Cc2ccccc2OCc2ccc(Cl)cc2)C(=O)N1. The van der Waals surface area contributed by atoms with Crippen LogP contribution in [0.15, 0.2) is 54.1 Å². The van der Waals surface area contributed by atoms with Crippen LogP contribution in [0, 0.1) is 0 Å². The van der Waals surface area contributed by atoms with E-state index in [1.54, 1.807) is 36.4 Å². The highest BCUT2D eigenvalue weighted by Gasteiger charge is 2.27. The smallest absolute Gasteiger partial charge is 0.328 e. The Balaban J connectivity index is 1.82. The second-order valence-electron chi connectivity index (χ2n) is 5.25. The lowest BCUT2D eigenvalue weighted by molar-refractivity contribution is -0.123. The lowest BCUT2D eigenvalue weighted by atomic mass is 10.1. The number of urea groups is 1. The second kappa shape index (κ2) is 7.19. The van der Waals surface area contributed by atoms with Gasteiger partial charge in [-0.2, -0.15) is 0 Å². The number of benzene rings is 2. The lowest BCUT2D eigenvalue weighted by Gasteiger charge is -2.15. The van der Waals surface area contributed by atoms with E-state index < -0.39 is 17.8 Å². The van der Waals surface area contributed by atoms with Gasteiger partial charge in [0.25, 0.3) is 11.8 Å². The summed E-state index contributed by atoms with van der Waals surface area (Å²) in [5, 5.41) is 4.70. The summed E-state index contributed by atoms with van der Waals surface area (Å²) < 4.78 is 5.78. The molecule has 1 fully saturated rings. The molecule has 126 valence electrons. The summed E-state index contributed by atoms with van der Waals surface area (Å²) in [7, 11) is 0. The Morgan fingerprint density at radius 2 is 1.56 bits per heavy atom. The van der Waals surface area contributed by atoms with E-state index in [0.717, 1.165) is 5.56 Å². The monoisotopic (exact) mass is 356 g/mol. The van der Waals surface area contributed by atoms with Gasteiger partial charge in [-0.1, -0.05) is 41.9 Å². The van der Waals surface area contributed by atoms with E-state index in [2.05, 4.69) is 0 Å². The minimum absolute atomic E-state index is 0.165. The predicted octanol–water partition coefficient (Wildman–Crippen LogP) is 2.67. The molecule has 1 aliphatic rings. The van der Waals surface area contributed by atoms with Crippen molar-refractivity contribution in [3.63, 3.8) is 0 Å². The molecule has 1 aliphatic heterocycles. The van der Waals surface area contributed by atoms with Crippen molar-refractivity contribution < 1.29 is 19.1 Å². The lowest BCUT2D eigenvalue weighted by Crippen LogP contribution is -2.51. The summed E-state index contributed by atoms with van der Waals surface area (Å²) in [6.45, 7) is 0.300. The summed E-state index contributed by atoms with van der Waals surface area (Å²) in [6.07, 6.45) is 1.38. The van der Waals surface area contributed by atoms with Crippen LogP contribution < -0.4 is 15.4 Å². The summed E-state index contributed by atoms with van der Waals surface area (Å²) in [4.78, 5) is 34.8. The molecule has 7 heteroatoms. The van der Waals surface area contributed by atoms with Crippen molar-refractivity contribution in [2.75, 3.05) is 0 Å². The Labute approximate surface area is 148 Å². The first-order chi connectivity index (χ1) is 12.0. The molecular weight excluding hydrogens is 344 g/mol. The van der Waals surface area contributed by atoms with Crippen molar-refractivity contribution in [1.29, 1.82) is 0 Å². The molecule has 1 saturated heterocycles. The summed E-state index contributed by atoms with van der Waals surface area (Å²) in [6, 6.07) is 13.4. The molecule has 0 atom stereocenters. The van der Waals surface area contributed by atoms with E-state index in [1.807, 2.05) is 22.8 Å². The third-order valence-corrected chi connectivity index (χ3v) is 3.72. The Morgan fingerprint density at radius 1 is 0.920 bits per heavy atom. The first kappa shape index (κ1) is 16.7. The highest BCUT2D eigenvalue weighted by atomic mass is 35.5. The van der Waals surface area contributed by atoms with Crippen LogP contribution in [0.25, 0.3) is 6.08 Å². The normalized spacial score (nSPS) is 14.0. The van der Waals surface area contributed by atoms with Crippen molar-refractivity contribution in [2.45, 2.75) is 6.61 Å². The Kier molecular flexibility index (Phi) is 4.81. The highest BCUT2D eigenvalue weighted by Crippen LogP contribution is 2.23. The zero-order valence-electron chi connectivity index (χ0n) is 12.9. The molecule has 25 heavy (non-hydrogen) atoms. The molecule has 0 radical (unpaired) electrons. The van der Waals surface area contributed by atoms with E-state index in [1.165, 1.54) is 6.08 Å². The second-order valence-corrected chi connectivity index (χ2v) is 5.68. The molecule has 2 aromatic carbocycles. The fourth-order valence-corrected chi connectivity index (χ4v) is 2.36. The average Bonchev–Trinajstić information content (AvgIpc) is 2.58. The maximum Gasteiger partial charge on any atom is 0.328 e. The number of amides is 4. The van der Waals surface area contributed by atoms with E-state index in [9.17, 15) is 14.4 Å². The number of carbonyl (C=O) groups excluding carboxylic acids is 3. The van der Waals surface area contributed by atoms with E-state index in [-0.39, 0.29) is 5.57 Å². The quantitative estimate of drug-likeness (QED) is 0.651. The molecule has 4 amide bonds. The molecule has 0 spiro atoms. The van der Waals surface area contributed by atoms with E-state index >= 15 is 0 Å². The maximum atomic E-state index is 11.8. The highest BCUT2D eigenvalue weighted by molar-refractivity contribution is 6.31. The van der Waals surface area contributed by atoms with Gasteiger partial charge in [-0.15, -0.1) is 0 Å². The minimum atomic E-state index is -0.834. The Bertz CT molecular complexity index is 853. The Morgan fingerprint density at radius 3 is 2.24 bits per heavy atom. The van der Waals surface area contributed by atoms with E-state index in [0.29, 0.717) is 22.9 Å². The van der Waals surface area contributed by atoms with Crippen molar-refractivity contribution >= 4 is 35.5 Å². The number of imide groups is 2. The molecule has 2 N–H and O–H groups in total. The summed E-state index contributed by atoms with van der Waals surface area (Å²) >= 11 is 5.85. The first-order valence-corrected chi connectivity index (χ1v) is 7.75. The van der Waals surface area contributed by atoms with E-state index in [4.69, 9.17) is 16.3 Å². The van der Waals surface area contributed by atoms with Gasteiger partial charge in [0.2, 0.25) is 0 Å². The fourth-order valence-electron chi connectivity index (χ4n) is 2.23. The van der Waals surface area contributed by atoms with Crippen molar-refractivity contribution in [2.24, 2.45) is 0 Å². The predicted molar refractivity (Wildman–Crippen MR) is 91.9 cm³/mol. The number of rotatable bonds is 4. The van der Waals surface area contributed by atoms with Gasteiger partial charge in [0.1, 0.15) is 17.9 Å². The number of para-hydroxylation sites is 1. The van der Waals surface area contributed by atoms with Crippen molar-refractivity contribution in [1.82, 2.24) is 10.6 Å². The number of barbiturate groups is 1. The standard InChI is InChI=1S/C18H13ClN2O4/c19-13-7-5-11(6-8-13)10-25-15-4-2-1-3-12(15)9-14-16(22)20-18(24)21-17(14)23/h1-9H,10H2,(H2,20,21,22,23,24). The first-order valence-electron chi connectivity index (χ1n) is 7.37. The van der Waals surface area contributed by atoms with Gasteiger partial charge >= 0.3 is 6.03 Å². The van der Waals surface area contributed by atoms with Crippen LogP contribution in [0.4, 0.5) is 4.79 Å². The van der Waals surface area contributed by atoms with Crippen LogP contribution in [-0.4, -0.2) is 17.8 Å². The number of hydrogen-bond acceptors (Lipinski definition) is 4. The molecular formula is C18H13ClN2O4.